The number of fused-ring (bicyclic) bond motifs is 1. The van der Waals surface area contributed by atoms with Crippen LogP contribution in [0.1, 0.15) is 51.0 Å². The van der Waals surface area contributed by atoms with Crippen LogP contribution in [0.5, 0.6) is 0 Å². The molecule has 2 aromatic heterocycles. The van der Waals surface area contributed by atoms with E-state index >= 15 is 0 Å². The van der Waals surface area contributed by atoms with Gasteiger partial charge in [0.15, 0.2) is 5.78 Å². The molecule has 11 nitrogen and oxygen atoms in total. The summed E-state index contributed by atoms with van der Waals surface area (Å²) in [6.45, 7) is 1.11. The van der Waals surface area contributed by atoms with Gasteiger partial charge in [0.2, 0.25) is 0 Å². The minimum atomic E-state index is -5.09. The molecule has 0 saturated carbocycles. The topological polar surface area (TPSA) is 154 Å². The van der Waals surface area contributed by atoms with Gasteiger partial charge in [0, 0.05) is 23.1 Å². The van der Waals surface area contributed by atoms with E-state index in [0.717, 1.165) is 35.1 Å². The van der Waals surface area contributed by atoms with Crippen LogP contribution in [0.2, 0.25) is 0 Å². The molecule has 0 N–H and O–H groups in total. The Morgan fingerprint density at radius 1 is 1.17 bits per heavy atom. The predicted octanol–water partition coefficient (Wildman–Crippen LogP) is 5.26. The highest BCUT2D eigenvalue weighted by Crippen LogP contribution is 2.44. The van der Waals surface area contributed by atoms with Gasteiger partial charge in [-0.15, -0.1) is 5.10 Å². The lowest BCUT2D eigenvalue weighted by molar-refractivity contribution is -0.384. The summed E-state index contributed by atoms with van der Waals surface area (Å²) in [5.41, 5.74) is -3.29. The number of pyridine rings is 1. The maximum Gasteiger partial charge on any atom is 0.434 e. The minimum Gasteiger partial charge on any atom is -0.439 e. The number of ether oxygens (including phenoxy) is 1. The Morgan fingerprint density at radius 2 is 1.88 bits per heavy atom. The molecule has 0 aliphatic carbocycles. The second kappa shape index (κ2) is 11.4. The molecule has 2 heterocycles. The normalized spacial score (nSPS) is 12.9. The van der Waals surface area contributed by atoms with Crippen LogP contribution in [0.25, 0.3) is 10.9 Å². The molecule has 15 heteroatoms. The summed E-state index contributed by atoms with van der Waals surface area (Å²) in [4.78, 5) is 39.4. The molecule has 1 atom stereocenters. The van der Waals surface area contributed by atoms with E-state index in [9.17, 15) is 38.1 Å². The standard InChI is InChI=1S/C26H18BrF3N6O5/c1-2-25(26(28,29)30,41-24(38)16-4-6-18(7-5-16)36(39)40)23-14-35(34-33-23)13-15-3-8-19-20(22(37)11-27)10-17(12-31)32-21(19)9-15/h3-10,14H,2,11,13H2,1H3. The number of benzene rings is 2. The number of carbonyl (C=O) groups excluding carboxylic acids is 2. The van der Waals surface area contributed by atoms with Crippen molar-refractivity contribution in [1.82, 2.24) is 20.0 Å². The zero-order valence-electron chi connectivity index (χ0n) is 21.1. The first-order valence-electron chi connectivity index (χ1n) is 11.8. The highest BCUT2D eigenvalue weighted by atomic mass is 79.9. The number of aromatic nitrogens is 4. The van der Waals surface area contributed by atoms with Crippen molar-refractivity contribution in [2.45, 2.75) is 31.7 Å². The van der Waals surface area contributed by atoms with E-state index in [1.807, 2.05) is 6.07 Å². The van der Waals surface area contributed by atoms with E-state index in [1.54, 1.807) is 18.2 Å². The maximum atomic E-state index is 14.4. The zero-order chi connectivity index (χ0) is 29.9. The summed E-state index contributed by atoms with van der Waals surface area (Å²) in [5.74, 6) is -1.61. The number of esters is 1. The third-order valence-corrected chi connectivity index (χ3v) is 6.75. The molecule has 0 aliphatic heterocycles. The number of nitro groups is 1. The van der Waals surface area contributed by atoms with E-state index in [1.165, 1.54) is 13.0 Å². The van der Waals surface area contributed by atoms with E-state index < -0.39 is 34.8 Å². The lowest BCUT2D eigenvalue weighted by Crippen LogP contribution is -2.46. The van der Waals surface area contributed by atoms with Gasteiger partial charge >= 0.3 is 12.1 Å². The van der Waals surface area contributed by atoms with Crippen LogP contribution in [0.15, 0.2) is 54.7 Å². The number of ketones is 1. The summed E-state index contributed by atoms with van der Waals surface area (Å²) in [5, 5.41) is 28.1. The van der Waals surface area contributed by atoms with Crippen LogP contribution in [0.3, 0.4) is 0 Å². The van der Waals surface area contributed by atoms with Crippen molar-refractivity contribution in [2.24, 2.45) is 0 Å². The Hall–Kier alpha value is -4.71. The van der Waals surface area contributed by atoms with Crippen molar-refractivity contribution in [3.63, 3.8) is 0 Å². The lowest BCUT2D eigenvalue weighted by atomic mass is 9.95. The smallest absolute Gasteiger partial charge is 0.434 e. The van der Waals surface area contributed by atoms with Gasteiger partial charge in [-0.25, -0.2) is 14.5 Å². The highest BCUT2D eigenvalue weighted by Gasteiger charge is 2.60. The number of nitro benzene ring substituents is 1. The average Bonchev–Trinajstić information content (AvgIpc) is 3.42. The van der Waals surface area contributed by atoms with Crippen LogP contribution in [-0.2, 0) is 16.9 Å². The third-order valence-electron chi connectivity index (χ3n) is 6.24. The molecule has 210 valence electrons. The lowest BCUT2D eigenvalue weighted by Gasteiger charge is -2.32. The number of hydrogen-bond acceptors (Lipinski definition) is 9. The summed E-state index contributed by atoms with van der Waals surface area (Å²) in [7, 11) is 0. The Bertz CT molecular complexity index is 1700. The van der Waals surface area contributed by atoms with Crippen molar-refractivity contribution < 1.29 is 32.4 Å². The molecule has 2 aromatic carbocycles. The second-order valence-corrected chi connectivity index (χ2v) is 9.31. The molecular formula is C26H18BrF3N6O5. The maximum absolute atomic E-state index is 14.4. The fraction of sp³-hybridized carbons (Fsp3) is 0.231. The van der Waals surface area contributed by atoms with E-state index in [2.05, 4.69) is 31.2 Å². The van der Waals surface area contributed by atoms with Crippen LogP contribution in [0, 0.1) is 21.4 Å². The number of rotatable bonds is 9. The first kappa shape index (κ1) is 29.3. The van der Waals surface area contributed by atoms with Crippen molar-refractivity contribution in [1.29, 1.82) is 5.26 Å². The third kappa shape index (κ3) is 5.78. The SMILES string of the molecule is CCC(OC(=O)c1ccc([N+](=O)[O-])cc1)(c1cn(Cc2ccc3c(C(=O)CBr)cc(C#N)nc3c2)nn1)C(F)(F)F. The number of alkyl halides is 4. The first-order chi connectivity index (χ1) is 19.4. The Morgan fingerprint density at radius 3 is 2.46 bits per heavy atom. The number of halogens is 4. The van der Waals surface area contributed by atoms with Crippen LogP contribution < -0.4 is 0 Å². The molecule has 4 aromatic rings. The molecule has 0 aliphatic rings. The molecule has 0 radical (unpaired) electrons. The average molecular weight is 631 g/mol. The quantitative estimate of drug-likeness (QED) is 0.0792. The molecule has 0 saturated heterocycles. The predicted molar refractivity (Wildman–Crippen MR) is 140 cm³/mol. The van der Waals surface area contributed by atoms with Crippen molar-refractivity contribution >= 4 is 44.3 Å². The number of nitriles is 1. The van der Waals surface area contributed by atoms with Gasteiger partial charge in [0.05, 0.1) is 34.1 Å². The first-order valence-corrected chi connectivity index (χ1v) is 12.9. The zero-order valence-corrected chi connectivity index (χ0v) is 22.6. The molecule has 41 heavy (non-hydrogen) atoms. The van der Waals surface area contributed by atoms with E-state index in [4.69, 9.17) is 4.74 Å². The molecule has 0 fully saturated rings. The van der Waals surface area contributed by atoms with Gasteiger partial charge in [0.25, 0.3) is 11.3 Å². The van der Waals surface area contributed by atoms with Gasteiger partial charge in [-0.2, -0.15) is 18.4 Å². The summed E-state index contributed by atoms with van der Waals surface area (Å²) < 4.78 is 49.3. The highest BCUT2D eigenvalue weighted by molar-refractivity contribution is 9.09. The van der Waals surface area contributed by atoms with Gasteiger partial charge < -0.3 is 4.74 Å². The fourth-order valence-corrected chi connectivity index (χ4v) is 4.43. The Labute approximate surface area is 237 Å². The summed E-state index contributed by atoms with van der Waals surface area (Å²) >= 11 is 3.11. The van der Waals surface area contributed by atoms with E-state index in [-0.39, 0.29) is 34.6 Å². The monoisotopic (exact) mass is 630 g/mol. The number of carbonyl (C=O) groups is 2. The minimum absolute atomic E-state index is 0.0229. The summed E-state index contributed by atoms with van der Waals surface area (Å²) in [6, 6.07) is 12.1. The van der Waals surface area contributed by atoms with E-state index in [0.29, 0.717) is 22.0 Å². The largest absolute Gasteiger partial charge is 0.439 e. The summed E-state index contributed by atoms with van der Waals surface area (Å²) in [6.07, 6.45) is -4.81. The van der Waals surface area contributed by atoms with Crippen molar-refractivity contribution in [3.8, 4) is 6.07 Å². The number of hydrogen-bond donors (Lipinski definition) is 0. The Kier molecular flexibility index (Phi) is 8.15. The molecular weight excluding hydrogens is 613 g/mol. The molecule has 0 amide bonds. The second-order valence-electron chi connectivity index (χ2n) is 8.75. The van der Waals surface area contributed by atoms with Crippen LogP contribution in [0.4, 0.5) is 18.9 Å². The molecule has 4 rings (SSSR count). The van der Waals surface area contributed by atoms with Crippen molar-refractivity contribution in [2.75, 3.05) is 5.33 Å². The van der Waals surface area contributed by atoms with Gasteiger partial charge in [0.1, 0.15) is 17.5 Å². The van der Waals surface area contributed by atoms with Crippen LogP contribution >= 0.6 is 15.9 Å². The van der Waals surface area contributed by atoms with Gasteiger partial charge in [-0.05, 0) is 36.2 Å². The Balaban J connectivity index is 1.66. The molecule has 1 unspecified atom stereocenters. The number of Topliss-reactive ketones (excluding diaryl/α,β-unsaturated/α-hetero) is 1. The van der Waals surface area contributed by atoms with Crippen molar-refractivity contribution in [3.05, 3.63) is 92.9 Å². The van der Waals surface area contributed by atoms with Gasteiger partial charge in [-0.3, -0.25) is 14.9 Å². The number of non-ortho nitro benzene ring substituents is 1. The fourth-order valence-electron chi connectivity index (χ4n) is 4.13. The molecule has 0 spiro atoms. The van der Waals surface area contributed by atoms with Gasteiger partial charge in [-0.1, -0.05) is 40.2 Å². The number of nitrogens with zero attached hydrogens (tertiary/aromatic N) is 6. The molecule has 0 bridgehead atoms. The van der Waals surface area contributed by atoms with Crippen LogP contribution in [-0.4, -0.2) is 48.2 Å².